The number of para-hydroxylation sites is 1. The summed E-state index contributed by atoms with van der Waals surface area (Å²) in [5.41, 5.74) is 3.21. The molecule has 1 unspecified atom stereocenters. The first-order valence-corrected chi connectivity index (χ1v) is 11.7. The van der Waals surface area contributed by atoms with Gasteiger partial charge in [-0.25, -0.2) is 0 Å². The van der Waals surface area contributed by atoms with Crippen molar-refractivity contribution in [2.75, 3.05) is 19.6 Å². The van der Waals surface area contributed by atoms with Crippen molar-refractivity contribution in [1.29, 1.82) is 0 Å². The minimum atomic E-state index is -0.192. The third kappa shape index (κ3) is 4.81. The van der Waals surface area contributed by atoms with Crippen molar-refractivity contribution in [2.24, 2.45) is 0 Å². The second kappa shape index (κ2) is 9.55. The van der Waals surface area contributed by atoms with Gasteiger partial charge in [0.25, 0.3) is 0 Å². The van der Waals surface area contributed by atoms with Crippen LogP contribution in [-0.4, -0.2) is 34.7 Å². The van der Waals surface area contributed by atoms with Crippen molar-refractivity contribution >= 4 is 10.8 Å². The Kier molecular flexibility index (Phi) is 6.18. The number of hydrogen-bond donors (Lipinski definition) is 2. The number of phenols is 2. The largest absolute Gasteiger partial charge is 0.508 e. The molecule has 4 heteroatoms. The first-order chi connectivity index (χ1) is 16.2. The van der Waals surface area contributed by atoms with Gasteiger partial charge in [0.05, 0.1) is 0 Å². The van der Waals surface area contributed by atoms with E-state index in [4.69, 9.17) is 4.74 Å². The highest BCUT2D eigenvalue weighted by Gasteiger charge is 2.25. The highest BCUT2D eigenvalue weighted by atomic mass is 16.5. The predicted octanol–water partition coefficient (Wildman–Crippen LogP) is 6.52. The van der Waals surface area contributed by atoms with Crippen LogP contribution in [0.3, 0.4) is 0 Å². The minimum absolute atomic E-state index is 0.192. The van der Waals surface area contributed by atoms with Gasteiger partial charge in [-0.1, -0.05) is 55.0 Å². The van der Waals surface area contributed by atoms with Gasteiger partial charge in [0.15, 0.2) is 0 Å². The summed E-state index contributed by atoms with van der Waals surface area (Å²) in [5.74, 6) is 1.34. The van der Waals surface area contributed by atoms with Gasteiger partial charge in [0.1, 0.15) is 23.4 Å². The molecule has 0 aliphatic carbocycles. The van der Waals surface area contributed by atoms with Gasteiger partial charge < -0.3 is 14.9 Å². The lowest BCUT2D eigenvalue weighted by Crippen LogP contribution is -2.35. The smallest absolute Gasteiger partial charge is 0.138 e. The summed E-state index contributed by atoms with van der Waals surface area (Å²) in [5, 5.41) is 22.0. The average Bonchev–Trinajstić information content (AvgIpc) is 2.85. The summed E-state index contributed by atoms with van der Waals surface area (Å²) in [7, 11) is 0. The fourth-order valence-electron chi connectivity index (χ4n) is 4.81. The number of ether oxygens (including phenoxy) is 1. The summed E-state index contributed by atoms with van der Waals surface area (Å²) in [6, 6.07) is 27.0. The number of benzene rings is 4. The normalized spacial score (nSPS) is 15.4. The van der Waals surface area contributed by atoms with E-state index >= 15 is 0 Å². The first kappa shape index (κ1) is 21.4. The summed E-state index contributed by atoms with van der Waals surface area (Å²) >= 11 is 0. The lowest BCUT2D eigenvalue weighted by molar-refractivity contribution is 0.120. The molecule has 0 spiro atoms. The monoisotopic (exact) mass is 439 g/mol. The van der Waals surface area contributed by atoms with Crippen LogP contribution in [0.15, 0.2) is 84.9 Å². The van der Waals surface area contributed by atoms with Crippen LogP contribution in [0.1, 0.15) is 30.9 Å². The van der Waals surface area contributed by atoms with Crippen molar-refractivity contribution in [3.8, 4) is 28.4 Å². The fourth-order valence-corrected chi connectivity index (χ4v) is 4.81. The molecular weight excluding hydrogens is 410 g/mol. The lowest BCUT2D eigenvalue weighted by Gasteiger charge is -2.32. The first-order valence-electron chi connectivity index (χ1n) is 11.7. The number of hydrogen-bond acceptors (Lipinski definition) is 4. The zero-order chi connectivity index (χ0) is 22.6. The van der Waals surface area contributed by atoms with E-state index in [0.29, 0.717) is 0 Å². The number of likely N-dealkylation sites (tertiary alicyclic amines) is 1. The summed E-state index contributed by atoms with van der Waals surface area (Å²) in [6.45, 7) is 2.95. The molecule has 0 amide bonds. The molecule has 0 bridgehead atoms. The molecule has 1 fully saturated rings. The molecule has 1 heterocycles. The fraction of sp³-hybridized carbons (Fsp3) is 0.241. The topological polar surface area (TPSA) is 52.9 Å². The van der Waals surface area contributed by atoms with Crippen molar-refractivity contribution < 1.29 is 14.9 Å². The van der Waals surface area contributed by atoms with Crippen LogP contribution in [0.25, 0.3) is 21.9 Å². The Hall–Kier alpha value is -3.50. The van der Waals surface area contributed by atoms with Crippen LogP contribution in [0.5, 0.6) is 17.2 Å². The van der Waals surface area contributed by atoms with Crippen LogP contribution >= 0.6 is 0 Å². The maximum absolute atomic E-state index is 10.1. The maximum atomic E-state index is 10.1. The van der Waals surface area contributed by atoms with Gasteiger partial charge in [-0.2, -0.15) is 0 Å². The zero-order valence-electron chi connectivity index (χ0n) is 18.7. The van der Waals surface area contributed by atoms with Crippen molar-refractivity contribution in [1.82, 2.24) is 4.90 Å². The number of nitrogens with zero attached hydrogens (tertiary/aromatic N) is 1. The molecule has 4 aromatic carbocycles. The van der Waals surface area contributed by atoms with E-state index in [1.54, 1.807) is 24.3 Å². The average molecular weight is 440 g/mol. The van der Waals surface area contributed by atoms with Gasteiger partial charge in [-0.05, 0) is 84.2 Å². The molecule has 5 rings (SSSR count). The molecule has 2 N–H and O–H groups in total. The molecule has 1 aliphatic rings. The molecule has 4 nitrogen and oxygen atoms in total. The van der Waals surface area contributed by atoms with E-state index in [2.05, 4.69) is 11.0 Å². The van der Waals surface area contributed by atoms with E-state index in [9.17, 15) is 10.2 Å². The van der Waals surface area contributed by atoms with E-state index < -0.39 is 0 Å². The molecule has 33 heavy (non-hydrogen) atoms. The predicted molar refractivity (Wildman–Crippen MR) is 133 cm³/mol. The third-order valence-corrected chi connectivity index (χ3v) is 6.44. The van der Waals surface area contributed by atoms with Crippen LogP contribution < -0.4 is 4.74 Å². The lowest BCUT2D eigenvalue weighted by atomic mass is 9.90. The van der Waals surface area contributed by atoms with Crippen molar-refractivity contribution in [2.45, 2.75) is 25.4 Å². The molecular formula is C29H29NO3. The van der Waals surface area contributed by atoms with Gasteiger partial charge in [0.2, 0.25) is 0 Å². The summed E-state index contributed by atoms with van der Waals surface area (Å²) < 4.78 is 6.67. The third-order valence-electron chi connectivity index (χ3n) is 6.44. The van der Waals surface area contributed by atoms with Crippen LogP contribution in [0.2, 0.25) is 0 Å². The van der Waals surface area contributed by atoms with Crippen molar-refractivity contribution in [3.63, 3.8) is 0 Å². The van der Waals surface area contributed by atoms with Gasteiger partial charge in [-0.15, -0.1) is 0 Å². The van der Waals surface area contributed by atoms with Crippen LogP contribution in [-0.2, 0) is 0 Å². The number of phenolic OH excluding ortho intramolecular Hbond substituents is 2. The van der Waals surface area contributed by atoms with E-state index in [0.717, 1.165) is 52.8 Å². The Balaban J connectivity index is 1.67. The maximum Gasteiger partial charge on any atom is 0.138 e. The highest BCUT2D eigenvalue weighted by molar-refractivity contribution is 5.93. The molecule has 0 aromatic heterocycles. The van der Waals surface area contributed by atoms with E-state index in [1.807, 2.05) is 54.6 Å². The van der Waals surface area contributed by atoms with Gasteiger partial charge >= 0.3 is 0 Å². The highest BCUT2D eigenvalue weighted by Crippen LogP contribution is 2.39. The Labute approximate surface area is 194 Å². The second-order valence-electron chi connectivity index (χ2n) is 8.76. The molecule has 1 atom stereocenters. The number of aromatic hydroxyl groups is 2. The molecule has 0 radical (unpaired) electrons. The Bertz CT molecular complexity index is 1220. The number of fused-ring (bicyclic) bond motifs is 1. The van der Waals surface area contributed by atoms with E-state index in [1.165, 1.54) is 19.3 Å². The van der Waals surface area contributed by atoms with E-state index in [-0.39, 0.29) is 17.6 Å². The van der Waals surface area contributed by atoms with Gasteiger partial charge in [0, 0.05) is 12.1 Å². The SMILES string of the molecule is Oc1ccc(-c2ccc3cc(O)ccc3c2C(CN2CCCCC2)Oc2ccccc2)cc1. The second-order valence-corrected chi connectivity index (χ2v) is 8.76. The van der Waals surface area contributed by atoms with Crippen molar-refractivity contribution in [3.05, 3.63) is 90.5 Å². The summed E-state index contributed by atoms with van der Waals surface area (Å²) in [6.07, 6.45) is 3.52. The Morgan fingerprint density at radius 2 is 1.48 bits per heavy atom. The number of piperidine rings is 1. The molecule has 1 aliphatic heterocycles. The minimum Gasteiger partial charge on any atom is -0.508 e. The number of rotatable bonds is 6. The Morgan fingerprint density at radius 1 is 0.758 bits per heavy atom. The standard InChI is InChI=1S/C29H29NO3/c31-23-12-9-21(10-13-23)26-15-11-22-19-24(32)14-16-27(22)29(26)28(20-30-17-5-2-6-18-30)33-25-7-3-1-4-8-25/h1,3-4,7-16,19,28,31-32H,2,5-6,17-18,20H2. The van der Waals surface area contributed by atoms with Crippen LogP contribution in [0.4, 0.5) is 0 Å². The molecule has 1 saturated heterocycles. The van der Waals surface area contributed by atoms with Gasteiger partial charge in [-0.3, -0.25) is 4.90 Å². The summed E-state index contributed by atoms with van der Waals surface area (Å²) in [4.78, 5) is 2.50. The zero-order valence-corrected chi connectivity index (χ0v) is 18.7. The Morgan fingerprint density at radius 3 is 2.24 bits per heavy atom. The molecule has 0 saturated carbocycles. The van der Waals surface area contributed by atoms with Crippen LogP contribution in [0, 0.1) is 0 Å². The molecule has 4 aromatic rings. The molecule has 168 valence electrons. The quantitative estimate of drug-likeness (QED) is 0.359.